The lowest BCUT2D eigenvalue weighted by molar-refractivity contribution is -0.137. The Bertz CT molecular complexity index is 457. The maximum atomic E-state index is 11.7. The molecule has 0 aromatic rings. The van der Waals surface area contributed by atoms with Gasteiger partial charge in [0.15, 0.2) is 9.84 Å². The van der Waals surface area contributed by atoms with E-state index in [-0.39, 0.29) is 18.7 Å². The number of carbonyl (C=O) groups is 2. The fraction of sp³-hybridized carbons (Fsp3) is 0.600. The smallest absolute Gasteiger partial charge is 0.317 e. The SMILES string of the molecule is CCN(CCC(=O)O)C(=O)NC1C=CS(=O)(=O)C1. The van der Waals surface area contributed by atoms with E-state index in [1.165, 1.54) is 11.0 Å². The van der Waals surface area contributed by atoms with Gasteiger partial charge in [0.25, 0.3) is 0 Å². The summed E-state index contributed by atoms with van der Waals surface area (Å²) >= 11 is 0. The number of sulfone groups is 1. The molecule has 2 amide bonds. The highest BCUT2D eigenvalue weighted by atomic mass is 32.2. The summed E-state index contributed by atoms with van der Waals surface area (Å²) in [6.07, 6.45) is 1.28. The van der Waals surface area contributed by atoms with Crippen molar-refractivity contribution in [1.29, 1.82) is 0 Å². The van der Waals surface area contributed by atoms with Gasteiger partial charge in [-0.05, 0) is 13.0 Å². The van der Waals surface area contributed by atoms with Crippen LogP contribution in [0.25, 0.3) is 0 Å². The van der Waals surface area contributed by atoms with E-state index in [0.29, 0.717) is 6.54 Å². The lowest BCUT2D eigenvalue weighted by Gasteiger charge is -2.22. The molecule has 1 atom stereocenters. The minimum absolute atomic E-state index is 0.0981. The summed E-state index contributed by atoms with van der Waals surface area (Å²) in [6, 6.07) is -0.994. The highest BCUT2D eigenvalue weighted by molar-refractivity contribution is 7.94. The number of nitrogens with one attached hydrogen (secondary N) is 1. The van der Waals surface area contributed by atoms with Crippen molar-refractivity contribution in [3.63, 3.8) is 0 Å². The van der Waals surface area contributed by atoms with Gasteiger partial charge in [-0.25, -0.2) is 13.2 Å². The second-order valence-corrected chi connectivity index (χ2v) is 5.87. The summed E-state index contributed by atoms with van der Waals surface area (Å²) in [4.78, 5) is 23.5. The van der Waals surface area contributed by atoms with E-state index in [9.17, 15) is 18.0 Å². The van der Waals surface area contributed by atoms with Gasteiger partial charge in [0, 0.05) is 18.5 Å². The quantitative estimate of drug-likeness (QED) is 0.724. The number of carboxylic acids is 1. The van der Waals surface area contributed by atoms with Crippen molar-refractivity contribution in [2.75, 3.05) is 18.8 Å². The highest BCUT2D eigenvalue weighted by Crippen LogP contribution is 2.08. The number of urea groups is 1. The Hall–Kier alpha value is -1.57. The van der Waals surface area contributed by atoms with Crippen LogP contribution in [-0.4, -0.2) is 55.3 Å². The second kappa shape index (κ2) is 5.85. The number of carboxylic acid groups (broad SMARTS) is 1. The zero-order valence-corrected chi connectivity index (χ0v) is 10.8. The van der Waals surface area contributed by atoms with Gasteiger partial charge in [0.1, 0.15) is 0 Å². The predicted molar refractivity (Wildman–Crippen MR) is 64.7 cm³/mol. The molecule has 0 radical (unpaired) electrons. The van der Waals surface area contributed by atoms with Gasteiger partial charge in [0.05, 0.1) is 18.2 Å². The van der Waals surface area contributed by atoms with Crippen LogP contribution in [0.3, 0.4) is 0 Å². The number of nitrogens with zero attached hydrogens (tertiary/aromatic N) is 1. The minimum Gasteiger partial charge on any atom is -0.481 e. The molecule has 0 spiro atoms. The number of aliphatic carboxylic acids is 1. The van der Waals surface area contributed by atoms with Gasteiger partial charge >= 0.3 is 12.0 Å². The van der Waals surface area contributed by atoms with Gasteiger partial charge in [-0.1, -0.05) is 0 Å². The van der Waals surface area contributed by atoms with E-state index in [0.717, 1.165) is 5.41 Å². The number of carbonyl (C=O) groups excluding carboxylic acids is 1. The van der Waals surface area contributed by atoms with E-state index in [4.69, 9.17) is 5.11 Å². The third kappa shape index (κ3) is 4.36. The first-order valence-electron chi connectivity index (χ1n) is 5.52. The third-order valence-electron chi connectivity index (χ3n) is 2.50. The van der Waals surface area contributed by atoms with Gasteiger partial charge < -0.3 is 15.3 Å². The summed E-state index contributed by atoms with van der Waals surface area (Å²) in [5.41, 5.74) is 0. The van der Waals surface area contributed by atoms with Crippen molar-refractivity contribution in [3.05, 3.63) is 11.5 Å². The molecule has 0 aromatic heterocycles. The standard InChI is InChI=1S/C10H16N2O5S/c1-2-12(5-3-9(13)14)10(15)11-8-4-6-18(16,17)7-8/h4,6,8H,2-3,5,7H2,1H3,(H,11,15)(H,13,14). The van der Waals surface area contributed by atoms with E-state index < -0.39 is 27.9 Å². The van der Waals surface area contributed by atoms with Crippen LogP contribution in [-0.2, 0) is 14.6 Å². The molecular weight excluding hydrogens is 260 g/mol. The zero-order chi connectivity index (χ0) is 13.8. The Kier molecular flexibility index (Phi) is 4.71. The average molecular weight is 276 g/mol. The van der Waals surface area contributed by atoms with Crippen molar-refractivity contribution >= 4 is 21.8 Å². The predicted octanol–water partition coefficient (Wildman–Crippen LogP) is -0.197. The third-order valence-corrected chi connectivity index (χ3v) is 3.90. The zero-order valence-electron chi connectivity index (χ0n) is 10.00. The fourth-order valence-corrected chi connectivity index (χ4v) is 2.78. The Morgan fingerprint density at radius 3 is 2.61 bits per heavy atom. The number of hydrogen-bond donors (Lipinski definition) is 2. The monoisotopic (exact) mass is 276 g/mol. The van der Waals surface area contributed by atoms with E-state index in [2.05, 4.69) is 5.32 Å². The van der Waals surface area contributed by atoms with E-state index >= 15 is 0 Å². The molecule has 18 heavy (non-hydrogen) atoms. The molecular formula is C10H16N2O5S. The lowest BCUT2D eigenvalue weighted by Crippen LogP contribution is -2.45. The molecule has 1 aliphatic rings. The largest absolute Gasteiger partial charge is 0.481 e. The summed E-state index contributed by atoms with van der Waals surface area (Å²) in [7, 11) is -3.21. The normalized spacial score (nSPS) is 20.6. The van der Waals surface area contributed by atoms with Gasteiger partial charge in [-0.3, -0.25) is 4.79 Å². The van der Waals surface area contributed by atoms with Crippen LogP contribution in [0.1, 0.15) is 13.3 Å². The van der Waals surface area contributed by atoms with E-state index in [1.54, 1.807) is 6.92 Å². The summed E-state index contributed by atoms with van der Waals surface area (Å²) in [5, 5.41) is 12.2. The van der Waals surface area contributed by atoms with Crippen LogP contribution in [0, 0.1) is 0 Å². The molecule has 7 nitrogen and oxygen atoms in total. The molecule has 8 heteroatoms. The van der Waals surface area contributed by atoms with Crippen LogP contribution in [0.15, 0.2) is 11.5 Å². The van der Waals surface area contributed by atoms with Crippen LogP contribution in [0.4, 0.5) is 4.79 Å². The molecule has 0 aliphatic carbocycles. The Morgan fingerprint density at radius 2 is 2.17 bits per heavy atom. The molecule has 0 aromatic carbocycles. The van der Waals surface area contributed by atoms with E-state index in [1.807, 2.05) is 0 Å². The van der Waals surface area contributed by atoms with Crippen molar-refractivity contribution < 1.29 is 23.1 Å². The highest BCUT2D eigenvalue weighted by Gasteiger charge is 2.24. The Balaban J connectivity index is 2.48. The molecule has 1 rings (SSSR count). The summed E-state index contributed by atoms with van der Waals surface area (Å²) in [6.45, 7) is 2.19. The first-order chi connectivity index (χ1) is 8.34. The fourth-order valence-electron chi connectivity index (χ4n) is 1.55. The number of hydrogen-bond acceptors (Lipinski definition) is 4. The molecule has 0 saturated heterocycles. The lowest BCUT2D eigenvalue weighted by atomic mass is 10.3. The average Bonchev–Trinajstić information content (AvgIpc) is 2.58. The van der Waals surface area contributed by atoms with Crippen LogP contribution in [0.2, 0.25) is 0 Å². The van der Waals surface area contributed by atoms with Crippen molar-refractivity contribution in [2.24, 2.45) is 0 Å². The van der Waals surface area contributed by atoms with Gasteiger partial charge in [-0.2, -0.15) is 0 Å². The topological polar surface area (TPSA) is 104 Å². The Labute approximate surface area is 105 Å². The number of rotatable bonds is 5. The molecule has 1 aliphatic heterocycles. The molecule has 0 fully saturated rings. The van der Waals surface area contributed by atoms with Crippen molar-refractivity contribution in [1.82, 2.24) is 10.2 Å². The molecule has 102 valence electrons. The molecule has 0 saturated carbocycles. The minimum atomic E-state index is -3.21. The first-order valence-corrected chi connectivity index (χ1v) is 7.24. The van der Waals surface area contributed by atoms with Crippen molar-refractivity contribution in [2.45, 2.75) is 19.4 Å². The van der Waals surface area contributed by atoms with Gasteiger partial charge in [-0.15, -0.1) is 0 Å². The molecule has 1 heterocycles. The van der Waals surface area contributed by atoms with Crippen LogP contribution in [0.5, 0.6) is 0 Å². The summed E-state index contributed by atoms with van der Waals surface area (Å²) in [5.74, 6) is -1.13. The molecule has 1 unspecified atom stereocenters. The first kappa shape index (κ1) is 14.5. The van der Waals surface area contributed by atoms with Crippen LogP contribution >= 0.6 is 0 Å². The Morgan fingerprint density at radius 1 is 1.50 bits per heavy atom. The summed E-state index contributed by atoms with van der Waals surface area (Å²) < 4.78 is 22.3. The second-order valence-electron chi connectivity index (χ2n) is 3.94. The van der Waals surface area contributed by atoms with Gasteiger partial charge in [0.2, 0.25) is 0 Å². The number of amides is 2. The molecule has 0 bridgehead atoms. The maximum Gasteiger partial charge on any atom is 0.317 e. The molecule has 2 N–H and O–H groups in total. The van der Waals surface area contributed by atoms with Crippen molar-refractivity contribution in [3.8, 4) is 0 Å². The maximum absolute atomic E-state index is 11.7. The van der Waals surface area contributed by atoms with Crippen LogP contribution < -0.4 is 5.32 Å².